The summed E-state index contributed by atoms with van der Waals surface area (Å²) < 4.78 is 0. The maximum absolute atomic E-state index is 5.11. The normalized spacial score (nSPS) is 11.2. The summed E-state index contributed by atoms with van der Waals surface area (Å²) in [5.41, 5.74) is 3.31. The lowest BCUT2D eigenvalue weighted by molar-refractivity contribution is 1.35. The number of nitrogens with zero attached hydrogens (tertiary/aromatic N) is 1. The van der Waals surface area contributed by atoms with Gasteiger partial charge in [0.05, 0.1) is 21.1 Å². The molecule has 6 heteroatoms. The van der Waals surface area contributed by atoms with Crippen molar-refractivity contribution in [1.82, 2.24) is 4.98 Å². The van der Waals surface area contributed by atoms with E-state index >= 15 is 0 Å². The molecule has 1 nitrogen and oxygen atoms in total. The number of pyridine rings is 1. The predicted octanol–water partition coefficient (Wildman–Crippen LogP) is 9.72. The van der Waals surface area contributed by atoms with Gasteiger partial charge in [0.25, 0.3) is 0 Å². The summed E-state index contributed by atoms with van der Waals surface area (Å²) in [6.07, 6.45) is 0. The molecular formula is C25H15NS5. The van der Waals surface area contributed by atoms with Gasteiger partial charge in [-0.25, -0.2) is 4.98 Å². The van der Waals surface area contributed by atoms with Crippen LogP contribution in [-0.4, -0.2) is 4.98 Å². The Bertz CT molecular complexity index is 1330. The van der Waals surface area contributed by atoms with Crippen LogP contribution in [-0.2, 0) is 0 Å². The Kier molecular flexibility index (Phi) is 5.18. The quantitative estimate of drug-likeness (QED) is 0.235. The number of aromatic nitrogens is 1. The molecule has 6 aromatic rings. The van der Waals surface area contributed by atoms with Crippen molar-refractivity contribution in [2.45, 2.75) is 0 Å². The first-order chi connectivity index (χ1) is 15.3. The van der Waals surface area contributed by atoms with Crippen LogP contribution in [0, 0.1) is 0 Å². The Balaban J connectivity index is 1.46. The first kappa shape index (κ1) is 19.3. The average Bonchev–Trinajstić information content (AvgIpc) is 3.65. The number of thiophene rings is 5. The molecule has 0 bridgehead atoms. The zero-order valence-corrected chi connectivity index (χ0v) is 20.2. The van der Waals surface area contributed by atoms with E-state index in [2.05, 4.69) is 88.9 Å². The largest absolute Gasteiger partial charge is 0.246 e. The van der Waals surface area contributed by atoms with E-state index in [1.807, 2.05) is 22.7 Å². The van der Waals surface area contributed by atoms with E-state index in [1.54, 1.807) is 34.0 Å². The molecule has 150 valence electrons. The zero-order valence-electron chi connectivity index (χ0n) is 16.1. The summed E-state index contributed by atoms with van der Waals surface area (Å²) in [6, 6.07) is 26.2. The fourth-order valence-electron chi connectivity index (χ4n) is 3.42. The number of rotatable bonds is 5. The first-order valence-electron chi connectivity index (χ1n) is 9.68. The van der Waals surface area contributed by atoms with E-state index in [4.69, 9.17) is 4.98 Å². The van der Waals surface area contributed by atoms with Crippen LogP contribution in [0.15, 0.2) is 88.9 Å². The molecule has 0 spiro atoms. The van der Waals surface area contributed by atoms with Crippen LogP contribution >= 0.6 is 56.7 Å². The molecule has 6 aromatic heterocycles. The Labute approximate surface area is 200 Å². The molecule has 0 aliphatic carbocycles. The SMILES string of the molecule is c1csc(-c2cc(-c3ccc(-c4cccs4)s3)nc(-c3ccc(-c4cccs4)s3)c2)c1. The molecule has 0 aromatic carbocycles. The maximum Gasteiger partial charge on any atom is 0.0816 e. The topological polar surface area (TPSA) is 12.9 Å². The van der Waals surface area contributed by atoms with E-state index in [0.717, 1.165) is 11.4 Å². The second kappa shape index (κ2) is 8.30. The molecule has 0 N–H and O–H groups in total. The Hall–Kier alpha value is -2.35. The van der Waals surface area contributed by atoms with E-state index < -0.39 is 0 Å². The molecule has 0 saturated heterocycles. The van der Waals surface area contributed by atoms with Gasteiger partial charge >= 0.3 is 0 Å². The third-order valence-corrected chi connectivity index (χ3v) is 10.1. The van der Waals surface area contributed by atoms with Crippen molar-refractivity contribution in [3.63, 3.8) is 0 Å². The highest BCUT2D eigenvalue weighted by molar-refractivity contribution is 7.23. The van der Waals surface area contributed by atoms with Crippen LogP contribution < -0.4 is 0 Å². The molecule has 0 aliphatic heterocycles. The van der Waals surface area contributed by atoms with Gasteiger partial charge in [-0.05, 0) is 76.3 Å². The maximum atomic E-state index is 5.11. The molecule has 6 rings (SSSR count). The van der Waals surface area contributed by atoms with Crippen molar-refractivity contribution in [2.24, 2.45) is 0 Å². The molecule has 31 heavy (non-hydrogen) atoms. The van der Waals surface area contributed by atoms with Gasteiger partial charge < -0.3 is 0 Å². The molecule has 0 unspecified atom stereocenters. The minimum Gasteiger partial charge on any atom is -0.246 e. The van der Waals surface area contributed by atoms with Crippen molar-refractivity contribution in [3.05, 3.63) is 88.9 Å². The lowest BCUT2D eigenvalue weighted by Gasteiger charge is -2.06. The monoisotopic (exact) mass is 489 g/mol. The smallest absolute Gasteiger partial charge is 0.0816 e. The van der Waals surface area contributed by atoms with Crippen molar-refractivity contribution >= 4 is 56.7 Å². The summed E-state index contributed by atoms with van der Waals surface area (Å²) in [5, 5.41) is 6.39. The van der Waals surface area contributed by atoms with Crippen molar-refractivity contribution in [1.29, 1.82) is 0 Å². The summed E-state index contributed by atoms with van der Waals surface area (Å²) >= 11 is 8.96. The predicted molar refractivity (Wildman–Crippen MR) is 141 cm³/mol. The lowest BCUT2D eigenvalue weighted by atomic mass is 10.1. The van der Waals surface area contributed by atoms with Gasteiger partial charge in [0.1, 0.15) is 0 Å². The summed E-state index contributed by atoms with van der Waals surface area (Å²) in [5.74, 6) is 0. The van der Waals surface area contributed by atoms with Gasteiger partial charge in [-0.3, -0.25) is 0 Å². The Morgan fingerprint density at radius 2 is 0.903 bits per heavy atom. The van der Waals surface area contributed by atoms with Crippen LogP contribution in [0.1, 0.15) is 0 Å². The van der Waals surface area contributed by atoms with Crippen LogP contribution in [0.25, 0.3) is 51.1 Å². The lowest BCUT2D eigenvalue weighted by Crippen LogP contribution is -1.87. The second-order valence-electron chi connectivity index (χ2n) is 6.89. The molecule has 0 saturated carbocycles. The molecule has 6 heterocycles. The molecule has 0 fully saturated rings. The number of hydrogen-bond donors (Lipinski definition) is 0. The molecule has 0 radical (unpaired) electrons. The van der Waals surface area contributed by atoms with E-state index in [-0.39, 0.29) is 0 Å². The molecule has 0 aliphatic rings. The van der Waals surface area contributed by atoms with E-state index in [0.29, 0.717) is 0 Å². The van der Waals surface area contributed by atoms with Crippen LogP contribution in [0.3, 0.4) is 0 Å². The average molecular weight is 490 g/mol. The van der Waals surface area contributed by atoms with Crippen molar-refractivity contribution in [2.75, 3.05) is 0 Å². The third kappa shape index (κ3) is 3.86. The summed E-state index contributed by atoms with van der Waals surface area (Å²) in [7, 11) is 0. The Morgan fingerprint density at radius 3 is 1.35 bits per heavy atom. The third-order valence-electron chi connectivity index (χ3n) is 4.88. The van der Waals surface area contributed by atoms with Gasteiger partial charge in [0, 0.05) is 24.4 Å². The first-order valence-corrected chi connectivity index (χ1v) is 13.9. The molecular weight excluding hydrogens is 475 g/mol. The van der Waals surface area contributed by atoms with Gasteiger partial charge in [-0.1, -0.05) is 18.2 Å². The second-order valence-corrected chi connectivity index (χ2v) is 11.9. The van der Waals surface area contributed by atoms with Gasteiger partial charge in [0.15, 0.2) is 0 Å². The fourth-order valence-corrected chi connectivity index (χ4v) is 7.74. The van der Waals surface area contributed by atoms with E-state index in [9.17, 15) is 0 Å². The summed E-state index contributed by atoms with van der Waals surface area (Å²) in [6.45, 7) is 0. The van der Waals surface area contributed by atoms with Crippen LogP contribution in [0.5, 0.6) is 0 Å². The summed E-state index contributed by atoms with van der Waals surface area (Å²) in [4.78, 5) is 14.0. The standard InChI is InChI=1S/C25H15NS5/c1-4-19(27-11-1)16-14-17(20-7-9-24(30-20)22-5-2-12-28-22)26-18(15-16)21-8-10-25(31-21)23-6-3-13-29-23/h1-15H. The minimum absolute atomic E-state index is 1.04. The highest BCUT2D eigenvalue weighted by Gasteiger charge is 2.14. The fraction of sp³-hybridized carbons (Fsp3) is 0. The Morgan fingerprint density at radius 1 is 0.452 bits per heavy atom. The zero-order chi connectivity index (χ0) is 20.6. The van der Waals surface area contributed by atoms with Gasteiger partial charge in [-0.2, -0.15) is 0 Å². The van der Waals surface area contributed by atoms with Crippen molar-refractivity contribution in [3.8, 4) is 51.1 Å². The number of hydrogen-bond acceptors (Lipinski definition) is 6. The van der Waals surface area contributed by atoms with E-state index in [1.165, 1.54) is 39.7 Å². The van der Waals surface area contributed by atoms with Crippen molar-refractivity contribution < 1.29 is 0 Å². The van der Waals surface area contributed by atoms with Gasteiger partial charge in [0.2, 0.25) is 0 Å². The highest BCUT2D eigenvalue weighted by Crippen LogP contribution is 2.41. The highest BCUT2D eigenvalue weighted by atomic mass is 32.1. The van der Waals surface area contributed by atoms with Gasteiger partial charge in [-0.15, -0.1) is 56.7 Å². The molecule has 0 atom stereocenters. The minimum atomic E-state index is 1.04. The molecule has 0 amide bonds. The van der Waals surface area contributed by atoms with Crippen LogP contribution in [0.4, 0.5) is 0 Å². The van der Waals surface area contributed by atoms with Crippen LogP contribution in [0.2, 0.25) is 0 Å².